The van der Waals surface area contributed by atoms with Crippen LogP contribution in [-0.2, 0) is 11.3 Å². The fourth-order valence-electron chi connectivity index (χ4n) is 4.36. The van der Waals surface area contributed by atoms with Crippen molar-refractivity contribution >= 4 is 11.8 Å². The number of hydrogen-bond acceptors (Lipinski definition) is 3. The number of rotatable bonds is 6. The third-order valence-electron chi connectivity index (χ3n) is 6.62. The van der Waals surface area contributed by atoms with Gasteiger partial charge in [0.1, 0.15) is 11.6 Å². The van der Waals surface area contributed by atoms with Crippen LogP contribution in [0, 0.1) is 31.4 Å². The van der Waals surface area contributed by atoms with E-state index in [-0.39, 0.29) is 17.5 Å². The Morgan fingerprint density at radius 3 is 2.62 bits per heavy atom. The molecule has 32 heavy (non-hydrogen) atoms. The Balaban J connectivity index is 1.52. The summed E-state index contributed by atoms with van der Waals surface area (Å²) in [5.41, 5.74) is 3.29. The molecule has 1 saturated heterocycles. The van der Waals surface area contributed by atoms with Gasteiger partial charge in [0.15, 0.2) is 0 Å². The minimum atomic E-state index is -0.908. The largest absolute Gasteiger partial charge is 0.348 e. The van der Waals surface area contributed by atoms with Gasteiger partial charge < -0.3 is 15.5 Å². The van der Waals surface area contributed by atoms with E-state index >= 15 is 0 Å². The molecule has 0 bridgehead atoms. The molecule has 4 rings (SSSR count). The van der Waals surface area contributed by atoms with Crippen LogP contribution < -0.4 is 10.6 Å². The van der Waals surface area contributed by atoms with E-state index in [9.17, 15) is 18.4 Å². The highest BCUT2D eigenvalue weighted by Crippen LogP contribution is 2.32. The quantitative estimate of drug-likeness (QED) is 0.722. The van der Waals surface area contributed by atoms with Crippen LogP contribution in [0.2, 0.25) is 0 Å². The molecule has 2 aromatic carbocycles. The summed E-state index contributed by atoms with van der Waals surface area (Å²) in [6, 6.07) is 8.82. The highest BCUT2D eigenvalue weighted by molar-refractivity contribution is 5.95. The Hall–Kier alpha value is -2.80. The second-order valence-corrected chi connectivity index (χ2v) is 8.86. The lowest BCUT2D eigenvalue weighted by atomic mass is 9.91. The zero-order valence-electron chi connectivity index (χ0n) is 18.5. The highest BCUT2D eigenvalue weighted by atomic mass is 19.1. The van der Waals surface area contributed by atoms with Gasteiger partial charge in [-0.2, -0.15) is 0 Å². The topological polar surface area (TPSA) is 61.4 Å². The van der Waals surface area contributed by atoms with Crippen LogP contribution in [0.4, 0.5) is 8.78 Å². The molecule has 0 aromatic heterocycles. The molecule has 2 atom stereocenters. The van der Waals surface area contributed by atoms with E-state index in [2.05, 4.69) is 36.6 Å². The van der Waals surface area contributed by atoms with Gasteiger partial charge in [0.05, 0.1) is 11.5 Å². The van der Waals surface area contributed by atoms with Gasteiger partial charge >= 0.3 is 0 Å². The molecule has 1 aliphatic carbocycles. The van der Waals surface area contributed by atoms with Gasteiger partial charge in [0, 0.05) is 31.2 Å². The minimum absolute atomic E-state index is 0.00508. The van der Waals surface area contributed by atoms with Crippen LogP contribution in [0.25, 0.3) is 0 Å². The molecule has 0 radical (unpaired) electrons. The Morgan fingerprint density at radius 2 is 1.91 bits per heavy atom. The molecule has 2 fully saturated rings. The number of nitrogens with one attached hydrogen (secondary N) is 2. The number of halogens is 2. The zero-order valence-corrected chi connectivity index (χ0v) is 18.5. The first-order valence-electron chi connectivity index (χ1n) is 11.2. The van der Waals surface area contributed by atoms with Gasteiger partial charge in [0.2, 0.25) is 5.91 Å². The molecule has 2 N–H and O–H groups in total. The van der Waals surface area contributed by atoms with Crippen LogP contribution in [0.5, 0.6) is 0 Å². The second-order valence-electron chi connectivity index (χ2n) is 8.86. The second kappa shape index (κ2) is 9.36. The average molecular weight is 442 g/mol. The van der Waals surface area contributed by atoms with Gasteiger partial charge in [-0.3, -0.25) is 9.59 Å². The van der Waals surface area contributed by atoms with Crippen molar-refractivity contribution in [2.24, 2.45) is 5.92 Å². The van der Waals surface area contributed by atoms with Gasteiger partial charge in [-0.15, -0.1) is 0 Å². The summed E-state index contributed by atoms with van der Waals surface area (Å²) in [7, 11) is 0. The molecule has 1 saturated carbocycles. The summed E-state index contributed by atoms with van der Waals surface area (Å²) in [6.45, 7) is 5.78. The first-order valence-corrected chi connectivity index (χ1v) is 11.2. The molecular formula is C25H29F2N3O2. The lowest BCUT2D eigenvalue weighted by molar-refractivity contribution is -0.138. The zero-order chi connectivity index (χ0) is 22.8. The van der Waals surface area contributed by atoms with Crippen molar-refractivity contribution in [2.75, 3.05) is 13.1 Å². The monoisotopic (exact) mass is 441 g/mol. The van der Waals surface area contributed by atoms with Gasteiger partial charge in [-0.1, -0.05) is 18.2 Å². The van der Waals surface area contributed by atoms with Crippen molar-refractivity contribution in [3.63, 3.8) is 0 Å². The van der Waals surface area contributed by atoms with Crippen molar-refractivity contribution in [1.82, 2.24) is 15.5 Å². The summed E-state index contributed by atoms with van der Waals surface area (Å²) >= 11 is 0. The Labute approximate surface area is 187 Å². The first kappa shape index (κ1) is 22.4. The maximum absolute atomic E-state index is 14.1. The van der Waals surface area contributed by atoms with Gasteiger partial charge in [0.25, 0.3) is 5.91 Å². The number of hydrogen-bond donors (Lipinski definition) is 2. The van der Waals surface area contributed by atoms with E-state index in [4.69, 9.17) is 0 Å². The van der Waals surface area contributed by atoms with Crippen molar-refractivity contribution in [3.05, 3.63) is 70.3 Å². The summed E-state index contributed by atoms with van der Waals surface area (Å²) in [4.78, 5) is 28.3. The molecule has 2 unspecified atom stereocenters. The predicted molar refractivity (Wildman–Crippen MR) is 118 cm³/mol. The first-order chi connectivity index (χ1) is 15.3. The lowest BCUT2D eigenvalue weighted by Crippen LogP contribution is -2.55. The predicted octanol–water partition coefficient (Wildman–Crippen LogP) is 3.48. The van der Waals surface area contributed by atoms with Crippen molar-refractivity contribution < 1.29 is 18.4 Å². The Morgan fingerprint density at radius 1 is 1.12 bits per heavy atom. The van der Waals surface area contributed by atoms with E-state index in [0.717, 1.165) is 30.5 Å². The fourth-order valence-corrected chi connectivity index (χ4v) is 4.36. The van der Waals surface area contributed by atoms with Crippen LogP contribution in [0.3, 0.4) is 0 Å². The number of carbonyl (C=O) groups excluding carboxylic acids is 2. The van der Waals surface area contributed by atoms with Gasteiger partial charge in [-0.25, -0.2) is 8.78 Å². The summed E-state index contributed by atoms with van der Waals surface area (Å²) in [5, 5.41) is 6.09. The fraction of sp³-hybridized carbons (Fsp3) is 0.440. The number of carbonyl (C=O) groups is 2. The number of amides is 2. The van der Waals surface area contributed by atoms with Crippen LogP contribution in [0.1, 0.15) is 46.3 Å². The van der Waals surface area contributed by atoms with Gasteiger partial charge in [-0.05, 0) is 68.5 Å². The van der Waals surface area contributed by atoms with Crippen molar-refractivity contribution in [3.8, 4) is 0 Å². The number of nitrogens with zero attached hydrogens (tertiary/aromatic N) is 1. The molecule has 7 heteroatoms. The molecule has 1 aliphatic heterocycles. The van der Waals surface area contributed by atoms with Crippen molar-refractivity contribution in [2.45, 2.75) is 51.7 Å². The standard InChI is InChI=1S/C25H29F2N3O2/c1-15-4-3-5-17(16(15)2)14-30(19-7-8-19)25(32)21-13-28-11-10-23(21)29-24(31)20-9-6-18(26)12-22(20)27/h3-6,9,12,19,21,23,28H,7-8,10-11,13-14H2,1-2H3,(H,29,31). The van der Waals surface area contributed by atoms with E-state index in [0.29, 0.717) is 32.1 Å². The smallest absolute Gasteiger partial charge is 0.254 e. The van der Waals surface area contributed by atoms with Crippen LogP contribution in [-0.4, -0.2) is 41.9 Å². The van der Waals surface area contributed by atoms with Crippen molar-refractivity contribution in [1.29, 1.82) is 0 Å². The summed E-state index contributed by atoms with van der Waals surface area (Å²) < 4.78 is 27.3. The SMILES string of the molecule is Cc1cccc(CN(C(=O)C2CNCCC2NC(=O)c2ccc(F)cc2F)C2CC2)c1C. The molecule has 2 aliphatic rings. The summed E-state index contributed by atoms with van der Waals surface area (Å²) in [6.07, 6.45) is 2.52. The normalized spacial score (nSPS) is 20.6. The maximum Gasteiger partial charge on any atom is 0.254 e. The molecule has 1 heterocycles. The molecule has 5 nitrogen and oxygen atoms in total. The Kier molecular flexibility index (Phi) is 6.55. The maximum atomic E-state index is 14.1. The van der Waals surface area contributed by atoms with E-state index < -0.39 is 29.5 Å². The third kappa shape index (κ3) is 4.83. The molecule has 170 valence electrons. The minimum Gasteiger partial charge on any atom is -0.348 e. The van der Waals surface area contributed by atoms with E-state index in [1.807, 2.05) is 11.0 Å². The van der Waals surface area contributed by atoms with E-state index in [1.54, 1.807) is 0 Å². The number of benzene rings is 2. The number of piperidine rings is 1. The third-order valence-corrected chi connectivity index (χ3v) is 6.62. The molecule has 0 spiro atoms. The van der Waals surface area contributed by atoms with Crippen LogP contribution in [0.15, 0.2) is 36.4 Å². The van der Waals surface area contributed by atoms with E-state index in [1.165, 1.54) is 11.1 Å². The molecule has 2 amide bonds. The summed E-state index contributed by atoms with van der Waals surface area (Å²) in [5.74, 6) is -2.71. The highest BCUT2D eigenvalue weighted by Gasteiger charge is 2.40. The van der Waals surface area contributed by atoms with Crippen LogP contribution >= 0.6 is 0 Å². The average Bonchev–Trinajstić information content (AvgIpc) is 3.60. The number of aryl methyl sites for hydroxylation is 1. The Bertz CT molecular complexity index is 1020. The lowest BCUT2D eigenvalue weighted by Gasteiger charge is -2.36. The molecule has 2 aromatic rings. The molecular weight excluding hydrogens is 412 g/mol.